The summed E-state index contributed by atoms with van der Waals surface area (Å²) in [6.45, 7) is 3.41. The zero-order valence-corrected chi connectivity index (χ0v) is 49.2. The molecule has 12 nitrogen and oxygen atoms in total. The lowest BCUT2D eigenvalue weighted by molar-refractivity contribution is -0.298. The molecular weight excluding hydrogens is 967 g/mol. The predicted molar refractivity (Wildman–Crippen MR) is 310 cm³/mol. The van der Waals surface area contributed by atoms with Gasteiger partial charge >= 0.3 is 10.4 Å². The van der Waals surface area contributed by atoms with E-state index in [1.54, 1.807) is 6.08 Å². The minimum absolute atomic E-state index is 0.259. The van der Waals surface area contributed by atoms with Crippen LogP contribution in [-0.2, 0) is 28.9 Å². The van der Waals surface area contributed by atoms with Crippen LogP contribution in [-0.4, -0.2) is 95.4 Å². The highest BCUT2D eigenvalue weighted by Gasteiger charge is 2.48. The Morgan fingerprint density at radius 1 is 0.520 bits per heavy atom. The second-order valence-corrected chi connectivity index (χ2v) is 23.4. The van der Waals surface area contributed by atoms with Crippen LogP contribution in [0.1, 0.15) is 309 Å². The van der Waals surface area contributed by atoms with E-state index in [0.29, 0.717) is 6.42 Å². The third kappa shape index (κ3) is 44.1. The topological polar surface area (TPSA) is 192 Å². The van der Waals surface area contributed by atoms with Crippen molar-refractivity contribution in [2.24, 2.45) is 0 Å². The molecule has 0 bridgehead atoms. The fourth-order valence-corrected chi connectivity index (χ4v) is 10.8. The third-order valence-corrected chi connectivity index (χ3v) is 15.7. The molecule has 7 unspecified atom stereocenters. The molecule has 1 rings (SSSR count). The average molecular weight is 1090 g/mol. The van der Waals surface area contributed by atoms with Crippen LogP contribution in [0, 0.1) is 0 Å². The van der Waals surface area contributed by atoms with E-state index < -0.39 is 59.9 Å². The summed E-state index contributed by atoms with van der Waals surface area (Å²) in [6.07, 6.45) is 57.1. The summed E-state index contributed by atoms with van der Waals surface area (Å²) < 4.78 is 47.7. The van der Waals surface area contributed by atoms with E-state index in [-0.39, 0.29) is 18.9 Å². The molecular formula is C62H119NO11S. The van der Waals surface area contributed by atoms with Crippen LogP contribution in [0.4, 0.5) is 0 Å². The molecule has 0 spiro atoms. The molecule has 444 valence electrons. The summed E-state index contributed by atoms with van der Waals surface area (Å²) in [6, 6.07) is -0.941. The lowest BCUT2D eigenvalue weighted by Crippen LogP contribution is -2.61. The number of aliphatic hydroxyl groups is 4. The Morgan fingerprint density at radius 2 is 0.853 bits per heavy atom. The number of carbonyl (C=O) groups excluding carboxylic acids is 1. The number of hydrogen-bond donors (Lipinski definition) is 6. The van der Waals surface area contributed by atoms with Gasteiger partial charge < -0.3 is 35.2 Å². The fourth-order valence-electron chi connectivity index (χ4n) is 10.3. The normalized spacial score (nSPS) is 19.2. The van der Waals surface area contributed by atoms with E-state index in [1.807, 2.05) is 6.08 Å². The first-order valence-corrected chi connectivity index (χ1v) is 33.1. The first-order valence-electron chi connectivity index (χ1n) is 31.7. The van der Waals surface area contributed by atoms with Crippen molar-refractivity contribution < 1.29 is 51.8 Å². The van der Waals surface area contributed by atoms with Gasteiger partial charge in [-0.1, -0.05) is 282 Å². The number of unbranched alkanes of at least 4 members (excludes halogenated alkanes) is 42. The number of allylic oxidation sites excluding steroid dienone is 3. The quantitative estimate of drug-likeness (QED) is 0.0193. The van der Waals surface area contributed by atoms with Gasteiger partial charge in [0.1, 0.15) is 24.4 Å². The van der Waals surface area contributed by atoms with Crippen molar-refractivity contribution >= 4 is 16.3 Å². The molecule has 1 aliphatic heterocycles. The summed E-state index contributed by atoms with van der Waals surface area (Å²) >= 11 is 0. The van der Waals surface area contributed by atoms with Crippen LogP contribution in [0.15, 0.2) is 24.3 Å². The molecule has 1 fully saturated rings. The molecule has 0 aromatic carbocycles. The first-order chi connectivity index (χ1) is 36.5. The van der Waals surface area contributed by atoms with Gasteiger partial charge in [-0.25, -0.2) is 4.18 Å². The number of hydrogen-bond acceptors (Lipinski definition) is 10. The van der Waals surface area contributed by atoms with E-state index in [9.17, 15) is 38.2 Å². The molecule has 13 heteroatoms. The number of carbonyl (C=O) groups is 1. The van der Waals surface area contributed by atoms with E-state index in [0.717, 1.165) is 38.5 Å². The lowest BCUT2D eigenvalue weighted by Gasteiger charge is -2.41. The van der Waals surface area contributed by atoms with Gasteiger partial charge in [0, 0.05) is 6.42 Å². The molecule has 6 N–H and O–H groups in total. The van der Waals surface area contributed by atoms with E-state index >= 15 is 0 Å². The lowest BCUT2D eigenvalue weighted by atomic mass is 9.99. The van der Waals surface area contributed by atoms with Gasteiger partial charge in [-0.2, -0.15) is 8.42 Å². The molecule has 0 saturated carbocycles. The number of ether oxygens (including phenoxy) is 2. The second-order valence-electron chi connectivity index (χ2n) is 22.4. The van der Waals surface area contributed by atoms with E-state index in [1.165, 1.54) is 244 Å². The van der Waals surface area contributed by atoms with Crippen molar-refractivity contribution in [3.05, 3.63) is 24.3 Å². The molecule has 0 aromatic heterocycles. The van der Waals surface area contributed by atoms with Gasteiger partial charge in [-0.3, -0.25) is 9.35 Å². The Labute approximate surface area is 461 Å². The van der Waals surface area contributed by atoms with Gasteiger partial charge in [0.05, 0.1) is 25.4 Å². The third-order valence-electron chi connectivity index (χ3n) is 15.2. The van der Waals surface area contributed by atoms with Crippen LogP contribution in [0.2, 0.25) is 0 Å². The zero-order valence-electron chi connectivity index (χ0n) is 48.4. The van der Waals surface area contributed by atoms with Crippen molar-refractivity contribution in [1.82, 2.24) is 5.32 Å². The Kier molecular flexibility index (Phi) is 49.6. The highest BCUT2D eigenvalue weighted by atomic mass is 32.3. The van der Waals surface area contributed by atoms with E-state index in [4.69, 9.17) is 9.47 Å². The average Bonchev–Trinajstić information content (AvgIpc) is 3.39. The summed E-state index contributed by atoms with van der Waals surface area (Å²) in [5.41, 5.74) is 0. The molecule has 1 amide bonds. The standard InChI is InChI=1S/C62H119NO11S/c1-3-5-7-9-11-13-15-16-17-18-19-20-21-22-23-24-25-26-27-28-29-30-31-32-33-34-35-36-37-38-39-40-42-44-46-48-50-52-58(66)63-55(56(65)51-49-47-45-43-41-14-12-10-8-6-4-2)54-72-62-60(68)61(74-75(69,70)71)59(67)57(53-64)73-62/h26-27,49,51,55-57,59-62,64-65,67-68H,3-25,28-48,50,52-54H2,1-2H3,(H,63,66)(H,69,70,71)/b27-26-,51-49+. The molecule has 7 atom stereocenters. The van der Waals surface area contributed by atoms with Crippen molar-refractivity contribution in [2.75, 3.05) is 13.2 Å². The number of aliphatic hydroxyl groups excluding tert-OH is 4. The van der Waals surface area contributed by atoms with Crippen LogP contribution >= 0.6 is 0 Å². The van der Waals surface area contributed by atoms with Gasteiger partial charge in [-0.15, -0.1) is 0 Å². The molecule has 0 aromatic rings. The summed E-state index contributed by atoms with van der Waals surface area (Å²) in [4.78, 5) is 13.1. The molecule has 1 saturated heterocycles. The van der Waals surface area contributed by atoms with Crippen LogP contribution in [0.5, 0.6) is 0 Å². The zero-order chi connectivity index (χ0) is 54.7. The Balaban J connectivity index is 2.13. The molecule has 1 heterocycles. The van der Waals surface area contributed by atoms with Gasteiger partial charge in [0.25, 0.3) is 0 Å². The first kappa shape index (κ1) is 71.6. The highest BCUT2D eigenvalue weighted by molar-refractivity contribution is 7.80. The van der Waals surface area contributed by atoms with Crippen molar-refractivity contribution in [1.29, 1.82) is 0 Å². The van der Waals surface area contributed by atoms with Crippen LogP contribution in [0.25, 0.3) is 0 Å². The minimum atomic E-state index is -5.09. The van der Waals surface area contributed by atoms with Crippen LogP contribution < -0.4 is 5.32 Å². The van der Waals surface area contributed by atoms with Gasteiger partial charge in [-0.05, 0) is 44.9 Å². The fraction of sp³-hybridized carbons (Fsp3) is 0.919. The summed E-state index contributed by atoms with van der Waals surface area (Å²) in [7, 11) is -5.09. The summed E-state index contributed by atoms with van der Waals surface area (Å²) in [5.74, 6) is -0.259. The minimum Gasteiger partial charge on any atom is -0.394 e. The Hall–Kier alpha value is -1.42. The smallest absolute Gasteiger partial charge is 0.394 e. The van der Waals surface area contributed by atoms with Gasteiger partial charge in [0.15, 0.2) is 6.29 Å². The largest absolute Gasteiger partial charge is 0.397 e. The molecule has 1 aliphatic rings. The Morgan fingerprint density at radius 3 is 1.20 bits per heavy atom. The number of nitrogens with one attached hydrogen (secondary N) is 1. The van der Waals surface area contributed by atoms with E-state index in [2.05, 4.69) is 35.5 Å². The van der Waals surface area contributed by atoms with Crippen LogP contribution in [0.3, 0.4) is 0 Å². The molecule has 0 radical (unpaired) electrons. The predicted octanol–water partition coefficient (Wildman–Crippen LogP) is 15.6. The number of amides is 1. The maximum absolute atomic E-state index is 13.1. The maximum atomic E-state index is 13.1. The maximum Gasteiger partial charge on any atom is 0.397 e. The highest BCUT2D eigenvalue weighted by Crippen LogP contribution is 2.26. The Bertz CT molecular complexity index is 1420. The number of rotatable bonds is 56. The van der Waals surface area contributed by atoms with Crippen molar-refractivity contribution in [3.8, 4) is 0 Å². The molecule has 0 aliphatic carbocycles. The van der Waals surface area contributed by atoms with Crippen molar-refractivity contribution in [2.45, 2.75) is 352 Å². The van der Waals surface area contributed by atoms with Crippen molar-refractivity contribution in [3.63, 3.8) is 0 Å². The van der Waals surface area contributed by atoms with Gasteiger partial charge in [0.2, 0.25) is 5.91 Å². The summed E-state index contributed by atoms with van der Waals surface area (Å²) in [5, 5.41) is 44.8. The second kappa shape index (κ2) is 52.0. The SMILES string of the molecule is CCCCCCCCCCC/C=C/C(O)C(COC1OC(CO)C(O)C(OS(=O)(=O)O)C1O)NC(=O)CCCCCCCCCCCCCCCCCCC/C=C\CCCCCCCCCCCCCCCCCC. The molecule has 75 heavy (non-hydrogen) atoms. The monoisotopic (exact) mass is 1090 g/mol.